The highest BCUT2D eigenvalue weighted by Gasteiger charge is 2.30. The van der Waals surface area contributed by atoms with Crippen LogP contribution in [0, 0.1) is 13.8 Å². The van der Waals surface area contributed by atoms with Gasteiger partial charge >= 0.3 is 5.97 Å². The number of sulfonamides is 1. The van der Waals surface area contributed by atoms with Crippen LogP contribution >= 0.6 is 0 Å². The lowest BCUT2D eigenvalue weighted by Crippen LogP contribution is -2.36. The number of aromatic amines is 1. The number of nitrogens with zero attached hydrogens (tertiary/aromatic N) is 2. The van der Waals surface area contributed by atoms with E-state index in [0.717, 1.165) is 5.56 Å². The van der Waals surface area contributed by atoms with Gasteiger partial charge in [0.1, 0.15) is 12.3 Å². The zero-order valence-electron chi connectivity index (χ0n) is 20.4. The van der Waals surface area contributed by atoms with E-state index in [1.807, 2.05) is 13.8 Å². The van der Waals surface area contributed by atoms with Crippen LogP contribution in [0.5, 0.6) is 0 Å². The summed E-state index contributed by atoms with van der Waals surface area (Å²) in [5, 5.41) is 0. The Kier molecular flexibility index (Phi) is 8.17. The maximum absolute atomic E-state index is 13.5. The number of fused-ring (bicyclic) bond motifs is 1. The first-order chi connectivity index (χ1) is 16.2. The van der Waals surface area contributed by atoms with E-state index in [4.69, 9.17) is 9.47 Å². The number of carbonyl (C=O) groups excluding carboxylic acids is 2. The molecule has 0 aliphatic carbocycles. The van der Waals surface area contributed by atoms with E-state index in [9.17, 15) is 18.0 Å². The zero-order valence-corrected chi connectivity index (χ0v) is 21.3. The molecule has 10 heteroatoms. The molecule has 2 heterocycles. The highest BCUT2D eigenvalue weighted by molar-refractivity contribution is 7.89. The molecule has 0 radical (unpaired) electrons. The average Bonchev–Trinajstić information content (AvgIpc) is 3.12. The molecule has 1 aliphatic heterocycles. The molecule has 0 spiro atoms. The second-order valence-corrected chi connectivity index (χ2v) is 10.1. The number of aromatic nitrogens is 1. The van der Waals surface area contributed by atoms with Crippen LogP contribution in [-0.2, 0) is 25.9 Å². The molecule has 0 fully saturated rings. The fourth-order valence-electron chi connectivity index (χ4n) is 4.35. The largest absolute Gasteiger partial charge is 0.460 e. The molecule has 3 rings (SSSR count). The van der Waals surface area contributed by atoms with E-state index in [2.05, 4.69) is 4.98 Å². The number of methoxy groups -OCH3 is 1. The standard InChI is InChI=1S/C24H33N3O6S/c1-6-26(7-2)34(30,31)19-10-11-20-18(15-19)9-8-12-27(20)23(28)22-16(3)21(17(4)25-22)24(29)33-14-13-32-5/h10-11,15,25H,6-9,12-14H2,1-5H3. The summed E-state index contributed by atoms with van der Waals surface area (Å²) in [4.78, 5) is 31.0. The Morgan fingerprint density at radius 2 is 1.85 bits per heavy atom. The van der Waals surface area contributed by atoms with Gasteiger partial charge in [0.15, 0.2) is 0 Å². The zero-order chi connectivity index (χ0) is 25.0. The first-order valence-corrected chi connectivity index (χ1v) is 12.9. The van der Waals surface area contributed by atoms with Gasteiger partial charge in [-0.1, -0.05) is 13.8 Å². The number of hydrogen-bond donors (Lipinski definition) is 1. The van der Waals surface area contributed by atoms with Gasteiger partial charge in [-0.15, -0.1) is 0 Å². The number of H-pyrrole nitrogens is 1. The molecule has 0 saturated heterocycles. The van der Waals surface area contributed by atoms with Crippen LogP contribution < -0.4 is 4.90 Å². The maximum atomic E-state index is 13.5. The number of aryl methyl sites for hydroxylation is 2. The minimum atomic E-state index is -3.59. The molecule has 0 unspecified atom stereocenters. The van der Waals surface area contributed by atoms with Crippen molar-refractivity contribution in [2.24, 2.45) is 0 Å². The summed E-state index contributed by atoms with van der Waals surface area (Å²) < 4.78 is 37.5. The molecule has 2 aromatic rings. The quantitative estimate of drug-likeness (QED) is 0.427. The Bertz CT molecular complexity index is 1170. The number of anilines is 1. The summed E-state index contributed by atoms with van der Waals surface area (Å²) in [5.74, 6) is -0.774. The first kappa shape index (κ1) is 25.9. The van der Waals surface area contributed by atoms with Crippen LogP contribution in [0.1, 0.15) is 57.9 Å². The van der Waals surface area contributed by atoms with Gasteiger partial charge in [-0.2, -0.15) is 4.31 Å². The maximum Gasteiger partial charge on any atom is 0.340 e. The number of ether oxygens (including phenoxy) is 2. The summed E-state index contributed by atoms with van der Waals surface area (Å²) in [6, 6.07) is 4.94. The molecular formula is C24H33N3O6S. The molecule has 9 nitrogen and oxygen atoms in total. The third-order valence-electron chi connectivity index (χ3n) is 6.13. The van der Waals surface area contributed by atoms with Gasteiger partial charge in [0.05, 0.1) is 17.1 Å². The molecule has 1 aliphatic rings. The van der Waals surface area contributed by atoms with E-state index in [1.54, 1.807) is 36.9 Å². The molecule has 1 aromatic heterocycles. The van der Waals surface area contributed by atoms with Crippen LogP contribution in [0.4, 0.5) is 5.69 Å². The summed E-state index contributed by atoms with van der Waals surface area (Å²) >= 11 is 0. The van der Waals surface area contributed by atoms with Crippen molar-refractivity contribution in [1.82, 2.24) is 9.29 Å². The second-order valence-electron chi connectivity index (χ2n) is 8.19. The minimum Gasteiger partial charge on any atom is -0.460 e. The summed E-state index contributed by atoms with van der Waals surface area (Å²) in [7, 11) is -2.07. The Morgan fingerprint density at radius 3 is 2.50 bits per heavy atom. The van der Waals surface area contributed by atoms with E-state index in [1.165, 1.54) is 11.4 Å². The van der Waals surface area contributed by atoms with Gasteiger partial charge in [0.25, 0.3) is 5.91 Å². The topological polar surface area (TPSA) is 109 Å². The van der Waals surface area contributed by atoms with Gasteiger partial charge in [-0.3, -0.25) is 4.79 Å². The Balaban J connectivity index is 1.92. The van der Waals surface area contributed by atoms with E-state index in [-0.39, 0.29) is 24.0 Å². The predicted octanol–water partition coefficient (Wildman–Crippen LogP) is 3.06. The second kappa shape index (κ2) is 10.7. The van der Waals surface area contributed by atoms with Crippen molar-refractivity contribution < 1.29 is 27.5 Å². The van der Waals surface area contributed by atoms with Crippen LogP contribution in [0.2, 0.25) is 0 Å². The van der Waals surface area contributed by atoms with Crippen molar-refractivity contribution >= 4 is 27.6 Å². The lowest BCUT2D eigenvalue weighted by Gasteiger charge is -2.30. The van der Waals surface area contributed by atoms with Crippen molar-refractivity contribution in [3.63, 3.8) is 0 Å². The lowest BCUT2D eigenvalue weighted by molar-refractivity contribution is 0.0386. The van der Waals surface area contributed by atoms with Gasteiger partial charge in [0.2, 0.25) is 10.0 Å². The van der Waals surface area contributed by atoms with Crippen molar-refractivity contribution in [1.29, 1.82) is 0 Å². The number of benzene rings is 1. The molecule has 186 valence electrons. The molecular weight excluding hydrogens is 458 g/mol. The van der Waals surface area contributed by atoms with Gasteiger partial charge in [-0.05, 0) is 56.0 Å². The average molecular weight is 492 g/mol. The first-order valence-electron chi connectivity index (χ1n) is 11.5. The summed E-state index contributed by atoms with van der Waals surface area (Å²) in [6.45, 7) is 8.75. The van der Waals surface area contributed by atoms with Crippen LogP contribution in [0.25, 0.3) is 0 Å². The number of rotatable bonds is 9. The highest BCUT2D eigenvalue weighted by atomic mass is 32.2. The summed E-state index contributed by atoms with van der Waals surface area (Å²) in [5.41, 5.74) is 3.25. The highest BCUT2D eigenvalue weighted by Crippen LogP contribution is 2.32. The minimum absolute atomic E-state index is 0.126. The monoisotopic (exact) mass is 491 g/mol. The SMILES string of the molecule is CCN(CC)S(=O)(=O)c1ccc2c(c1)CCCN2C(=O)c1[nH]c(C)c(C(=O)OCCOC)c1C. The van der Waals surface area contributed by atoms with Gasteiger partial charge in [0, 0.05) is 38.1 Å². The van der Waals surface area contributed by atoms with Gasteiger partial charge in [-0.25, -0.2) is 13.2 Å². The fourth-order valence-corrected chi connectivity index (χ4v) is 5.86. The number of esters is 1. The molecule has 1 aromatic carbocycles. The van der Waals surface area contributed by atoms with Crippen molar-refractivity contribution in [3.05, 3.63) is 46.3 Å². The molecule has 0 atom stereocenters. The predicted molar refractivity (Wildman–Crippen MR) is 129 cm³/mol. The van der Waals surface area contributed by atoms with Crippen LogP contribution in [-0.4, -0.2) is 69.5 Å². The number of hydrogen-bond acceptors (Lipinski definition) is 6. The molecule has 34 heavy (non-hydrogen) atoms. The van der Waals surface area contributed by atoms with E-state index >= 15 is 0 Å². The Morgan fingerprint density at radius 1 is 1.15 bits per heavy atom. The summed E-state index contributed by atoms with van der Waals surface area (Å²) in [6.07, 6.45) is 1.39. The van der Waals surface area contributed by atoms with E-state index < -0.39 is 16.0 Å². The molecule has 1 amide bonds. The third-order valence-corrected chi connectivity index (χ3v) is 8.18. The molecule has 0 bridgehead atoms. The fraction of sp³-hybridized carbons (Fsp3) is 0.500. The van der Waals surface area contributed by atoms with Crippen LogP contribution in [0.15, 0.2) is 23.1 Å². The van der Waals surface area contributed by atoms with Crippen molar-refractivity contribution in [3.8, 4) is 0 Å². The Labute approximate surface area is 201 Å². The lowest BCUT2D eigenvalue weighted by atomic mass is 10.0. The smallest absolute Gasteiger partial charge is 0.340 e. The third kappa shape index (κ3) is 4.89. The van der Waals surface area contributed by atoms with Crippen molar-refractivity contribution in [2.75, 3.05) is 44.9 Å². The van der Waals surface area contributed by atoms with Gasteiger partial charge < -0.3 is 19.4 Å². The number of amides is 1. The van der Waals surface area contributed by atoms with Crippen molar-refractivity contribution in [2.45, 2.75) is 45.4 Å². The molecule has 0 saturated carbocycles. The number of nitrogens with one attached hydrogen (secondary N) is 1. The number of carbonyl (C=O) groups is 2. The Hall–Kier alpha value is -2.69. The molecule has 1 N–H and O–H groups in total. The van der Waals surface area contributed by atoms with E-state index in [0.29, 0.717) is 60.7 Å². The normalized spacial score (nSPS) is 13.8. The van der Waals surface area contributed by atoms with Crippen LogP contribution in [0.3, 0.4) is 0 Å².